The number of ketones is 1. The van der Waals surface area contributed by atoms with Gasteiger partial charge in [-0.25, -0.2) is 0 Å². The minimum Gasteiger partial charge on any atom is -0.755 e. The number of nitrogens with zero attached hydrogens (tertiary/aromatic N) is 1. The van der Waals surface area contributed by atoms with Gasteiger partial charge in [0.15, 0.2) is 5.78 Å². The Morgan fingerprint density at radius 2 is 2.36 bits per heavy atom. The van der Waals surface area contributed by atoms with Crippen LogP contribution in [0.3, 0.4) is 0 Å². The van der Waals surface area contributed by atoms with Gasteiger partial charge >= 0.3 is 0 Å². The van der Waals surface area contributed by atoms with Gasteiger partial charge in [0.1, 0.15) is 0 Å². The van der Waals surface area contributed by atoms with Crippen molar-refractivity contribution in [3.63, 3.8) is 0 Å². The summed E-state index contributed by atoms with van der Waals surface area (Å²) in [6.45, 7) is 1.32. The summed E-state index contributed by atoms with van der Waals surface area (Å²) in [6, 6.07) is 2.96. The third-order valence-electron chi connectivity index (χ3n) is 1.23. The Morgan fingerprint density at radius 3 is 2.73 bits per heavy atom. The molecule has 1 atom stereocenters. The Bertz CT molecular complexity index is 276. The second kappa shape index (κ2) is 2.98. The molecular formula is C6H6NO3S-. The zero-order chi connectivity index (χ0) is 8.43. The molecule has 0 aromatic carbocycles. The highest BCUT2D eigenvalue weighted by Crippen LogP contribution is 2.03. The molecule has 0 saturated heterocycles. The van der Waals surface area contributed by atoms with Gasteiger partial charge < -0.3 is 4.55 Å². The van der Waals surface area contributed by atoms with Gasteiger partial charge in [0.05, 0.1) is 17.0 Å². The van der Waals surface area contributed by atoms with Gasteiger partial charge in [-0.15, -0.1) is 0 Å². The molecule has 0 amide bonds. The molecule has 0 fully saturated rings. The van der Waals surface area contributed by atoms with E-state index in [0.717, 1.165) is 3.97 Å². The Kier molecular flexibility index (Phi) is 2.21. The van der Waals surface area contributed by atoms with Crippen molar-refractivity contribution in [3.05, 3.63) is 24.0 Å². The molecule has 0 aliphatic heterocycles. The Morgan fingerprint density at radius 1 is 1.73 bits per heavy atom. The zero-order valence-corrected chi connectivity index (χ0v) is 6.63. The molecule has 0 aliphatic rings. The molecule has 5 heteroatoms. The lowest BCUT2D eigenvalue weighted by molar-refractivity contribution is 0.101. The van der Waals surface area contributed by atoms with E-state index in [1.807, 2.05) is 0 Å². The summed E-state index contributed by atoms with van der Waals surface area (Å²) < 4.78 is 21.7. The number of Topliss-reactive ketones (excluding diaryl/α,β-unsaturated/α-hetero) is 1. The fourth-order valence-corrected chi connectivity index (χ4v) is 1.29. The monoisotopic (exact) mass is 172 g/mol. The van der Waals surface area contributed by atoms with Crippen LogP contribution in [0.4, 0.5) is 0 Å². The van der Waals surface area contributed by atoms with Gasteiger partial charge in [-0.05, 0) is 12.1 Å². The number of hydrogen-bond acceptors (Lipinski definition) is 3. The lowest BCUT2D eigenvalue weighted by atomic mass is 10.3. The summed E-state index contributed by atoms with van der Waals surface area (Å²) in [5.41, 5.74) is 0.179. The zero-order valence-electron chi connectivity index (χ0n) is 5.81. The molecule has 1 heterocycles. The molecule has 0 aliphatic carbocycles. The van der Waals surface area contributed by atoms with Crippen LogP contribution in [0.2, 0.25) is 0 Å². The van der Waals surface area contributed by atoms with Gasteiger partial charge in [-0.3, -0.25) is 13.0 Å². The predicted molar refractivity (Wildman–Crippen MR) is 38.8 cm³/mol. The molecule has 0 bridgehead atoms. The third-order valence-corrected chi connectivity index (χ3v) is 1.87. The van der Waals surface area contributed by atoms with Crippen LogP contribution in [0.25, 0.3) is 0 Å². The lowest BCUT2D eigenvalue weighted by Crippen LogP contribution is -2.08. The van der Waals surface area contributed by atoms with E-state index < -0.39 is 11.3 Å². The fourth-order valence-electron chi connectivity index (χ4n) is 0.769. The van der Waals surface area contributed by atoms with Crippen LogP contribution in [0, 0.1) is 0 Å². The van der Waals surface area contributed by atoms with Crippen molar-refractivity contribution in [2.75, 3.05) is 0 Å². The maximum absolute atomic E-state index is 10.7. The third kappa shape index (κ3) is 1.55. The smallest absolute Gasteiger partial charge is 0.177 e. The number of carbonyl (C=O) groups excluding carboxylic acids is 1. The molecule has 1 aromatic heterocycles. The van der Waals surface area contributed by atoms with E-state index in [1.165, 1.54) is 25.3 Å². The number of rotatable bonds is 2. The van der Waals surface area contributed by atoms with Gasteiger partial charge in [-0.1, -0.05) is 0 Å². The van der Waals surface area contributed by atoms with Crippen LogP contribution in [0.15, 0.2) is 18.3 Å². The average Bonchev–Trinajstić information content (AvgIpc) is 2.32. The molecule has 11 heavy (non-hydrogen) atoms. The maximum Gasteiger partial charge on any atom is 0.177 e. The van der Waals surface area contributed by atoms with Crippen LogP contribution >= 0.6 is 0 Å². The first-order valence-corrected chi connectivity index (χ1v) is 3.94. The van der Waals surface area contributed by atoms with Crippen molar-refractivity contribution in [1.29, 1.82) is 0 Å². The van der Waals surface area contributed by atoms with Crippen molar-refractivity contribution in [3.8, 4) is 0 Å². The summed E-state index contributed by atoms with van der Waals surface area (Å²) in [5, 5.41) is 0. The quantitative estimate of drug-likeness (QED) is 0.477. The molecule has 0 N–H and O–H groups in total. The van der Waals surface area contributed by atoms with E-state index >= 15 is 0 Å². The summed E-state index contributed by atoms with van der Waals surface area (Å²) in [6.07, 6.45) is 1.32. The maximum atomic E-state index is 10.7. The molecule has 0 saturated carbocycles. The SMILES string of the molecule is CC(=O)c1cccn1S(=O)[O-]. The second-order valence-corrected chi connectivity index (χ2v) is 2.82. The first kappa shape index (κ1) is 8.16. The van der Waals surface area contributed by atoms with Crippen LogP contribution in [-0.4, -0.2) is 18.5 Å². The van der Waals surface area contributed by atoms with Gasteiger partial charge in [0, 0.05) is 13.1 Å². The largest absolute Gasteiger partial charge is 0.755 e. The molecule has 0 spiro atoms. The van der Waals surface area contributed by atoms with E-state index in [9.17, 15) is 13.6 Å². The van der Waals surface area contributed by atoms with Gasteiger partial charge in [0.25, 0.3) is 0 Å². The van der Waals surface area contributed by atoms with E-state index in [0.29, 0.717) is 0 Å². The lowest BCUT2D eigenvalue weighted by Gasteiger charge is -2.08. The first-order chi connectivity index (χ1) is 5.13. The number of carbonyl (C=O) groups is 1. The highest BCUT2D eigenvalue weighted by Gasteiger charge is 2.04. The Hall–Kier alpha value is -0.940. The highest BCUT2D eigenvalue weighted by molar-refractivity contribution is 7.77. The molecule has 1 rings (SSSR count). The predicted octanol–water partition coefficient (Wildman–Crippen LogP) is 0.333. The average molecular weight is 172 g/mol. The van der Waals surface area contributed by atoms with E-state index in [2.05, 4.69) is 0 Å². The molecular weight excluding hydrogens is 166 g/mol. The molecule has 1 aromatic rings. The van der Waals surface area contributed by atoms with E-state index in [-0.39, 0.29) is 11.5 Å². The van der Waals surface area contributed by atoms with Crippen LogP contribution < -0.4 is 0 Å². The summed E-state index contributed by atoms with van der Waals surface area (Å²) in [7, 11) is 0. The van der Waals surface area contributed by atoms with E-state index in [1.54, 1.807) is 0 Å². The Balaban J connectivity index is 3.16. The van der Waals surface area contributed by atoms with Crippen molar-refractivity contribution in [1.82, 2.24) is 3.97 Å². The molecule has 0 radical (unpaired) electrons. The first-order valence-electron chi connectivity index (χ1n) is 2.91. The fraction of sp³-hybridized carbons (Fsp3) is 0.167. The summed E-state index contributed by atoms with van der Waals surface area (Å²) >= 11 is -2.38. The van der Waals surface area contributed by atoms with Crippen LogP contribution in [-0.2, 0) is 11.3 Å². The summed E-state index contributed by atoms with van der Waals surface area (Å²) in [5.74, 6) is -0.265. The van der Waals surface area contributed by atoms with E-state index in [4.69, 9.17) is 0 Å². The van der Waals surface area contributed by atoms with Crippen LogP contribution in [0.1, 0.15) is 17.4 Å². The summed E-state index contributed by atoms with van der Waals surface area (Å²) in [4.78, 5) is 10.7. The van der Waals surface area contributed by atoms with Crippen molar-refractivity contribution in [2.45, 2.75) is 6.92 Å². The normalized spacial score (nSPS) is 12.9. The second-order valence-electron chi connectivity index (χ2n) is 1.99. The molecule has 4 nitrogen and oxygen atoms in total. The van der Waals surface area contributed by atoms with Crippen molar-refractivity contribution < 1.29 is 13.6 Å². The standard InChI is InChI=1S/C6H7NO3S/c1-5(8)6-3-2-4-7(6)11(9)10/h2-4H,1H3,(H,9,10)/p-1. The number of hydrogen-bond donors (Lipinski definition) is 0. The minimum absolute atomic E-state index is 0.179. The topological polar surface area (TPSA) is 62.1 Å². The molecule has 1 unspecified atom stereocenters. The van der Waals surface area contributed by atoms with Crippen LogP contribution in [0.5, 0.6) is 0 Å². The number of aromatic nitrogens is 1. The minimum atomic E-state index is -2.38. The van der Waals surface area contributed by atoms with Crippen molar-refractivity contribution in [2.24, 2.45) is 0 Å². The van der Waals surface area contributed by atoms with Crippen molar-refractivity contribution >= 4 is 17.0 Å². The molecule has 60 valence electrons. The van der Waals surface area contributed by atoms with Gasteiger partial charge in [-0.2, -0.15) is 0 Å². The Labute approximate surface area is 66.3 Å². The van der Waals surface area contributed by atoms with Gasteiger partial charge in [0.2, 0.25) is 0 Å². The highest BCUT2D eigenvalue weighted by atomic mass is 32.2.